The molecule has 0 saturated carbocycles. The van der Waals surface area contributed by atoms with Gasteiger partial charge in [-0.15, -0.1) is 0 Å². The molecule has 0 saturated heterocycles. The molecule has 0 unspecified atom stereocenters. The minimum absolute atomic E-state index is 0.256. The van der Waals surface area contributed by atoms with E-state index in [0.29, 0.717) is 5.56 Å². The van der Waals surface area contributed by atoms with Crippen LogP contribution < -0.4 is 0 Å². The maximum Gasteiger partial charge on any atom is 0.311 e. The molecule has 0 aromatic heterocycles. The Morgan fingerprint density at radius 3 is 1.86 bits per heavy atom. The first-order valence-corrected chi connectivity index (χ1v) is 9.23. The van der Waals surface area contributed by atoms with Gasteiger partial charge in [-0.2, -0.15) is 0 Å². The fourth-order valence-corrected chi connectivity index (χ4v) is 2.86. The van der Waals surface area contributed by atoms with Crippen LogP contribution in [0, 0.1) is 10.1 Å². The van der Waals surface area contributed by atoms with E-state index in [2.05, 4.69) is 12.2 Å². The Morgan fingerprint density at radius 1 is 0.759 bits per heavy atom. The van der Waals surface area contributed by atoms with Crippen LogP contribution in [0.5, 0.6) is 11.5 Å². The average Bonchev–Trinajstić information content (AvgIpc) is 2.72. The second-order valence-electron chi connectivity index (χ2n) is 6.56. The molecule has 29 heavy (non-hydrogen) atoms. The van der Waals surface area contributed by atoms with Crippen LogP contribution >= 0.6 is 0 Å². The number of hydrogen-bond donors (Lipinski definition) is 2. The number of phenols is 2. The van der Waals surface area contributed by atoms with Gasteiger partial charge in [0, 0.05) is 6.07 Å². The van der Waals surface area contributed by atoms with Gasteiger partial charge in [-0.25, -0.2) is 0 Å². The lowest BCUT2D eigenvalue weighted by atomic mass is 10.0. The third-order valence-corrected chi connectivity index (χ3v) is 4.43. The van der Waals surface area contributed by atoms with Crippen molar-refractivity contribution in [3.63, 3.8) is 0 Å². The van der Waals surface area contributed by atoms with Crippen LogP contribution in [0.15, 0.2) is 78.9 Å². The molecular weight excluding hydrogens is 366 g/mol. The standard InChI is InChI=1S/C24H21NO4/c26-22-14-12-21(13-15-22)20-10-7-18(8-11-20)5-3-1-2-4-6-19-9-16-24(27)23(17-19)25(28)29/h3-17,26-27H,1-2H2/b5-3+,6-4+. The number of allylic oxidation sites excluding steroid dienone is 2. The largest absolute Gasteiger partial charge is 0.508 e. The second-order valence-corrected chi connectivity index (χ2v) is 6.56. The number of nitrogens with zero attached hydrogens (tertiary/aromatic N) is 1. The van der Waals surface area contributed by atoms with Crippen molar-refractivity contribution in [2.24, 2.45) is 0 Å². The molecule has 0 radical (unpaired) electrons. The first-order chi connectivity index (χ1) is 14.0. The molecule has 5 heteroatoms. The smallest absolute Gasteiger partial charge is 0.311 e. The van der Waals surface area contributed by atoms with E-state index in [1.165, 1.54) is 12.1 Å². The molecule has 3 rings (SSSR count). The number of benzene rings is 3. The SMILES string of the molecule is O=[N+]([O-])c1cc(/C=C/CC/C=C/c2ccc(-c3ccc(O)cc3)cc2)ccc1O. The maximum atomic E-state index is 10.8. The van der Waals surface area contributed by atoms with E-state index in [9.17, 15) is 20.3 Å². The predicted molar refractivity (Wildman–Crippen MR) is 116 cm³/mol. The Morgan fingerprint density at radius 2 is 1.28 bits per heavy atom. The highest BCUT2D eigenvalue weighted by Gasteiger charge is 2.12. The van der Waals surface area contributed by atoms with Crippen molar-refractivity contribution in [3.05, 3.63) is 100 Å². The van der Waals surface area contributed by atoms with Gasteiger partial charge in [0.1, 0.15) is 5.75 Å². The summed E-state index contributed by atoms with van der Waals surface area (Å²) in [7, 11) is 0. The molecule has 0 heterocycles. The van der Waals surface area contributed by atoms with Gasteiger partial charge in [-0.1, -0.05) is 66.8 Å². The van der Waals surface area contributed by atoms with Crippen molar-refractivity contribution < 1.29 is 15.1 Å². The molecule has 3 aromatic rings. The monoisotopic (exact) mass is 387 g/mol. The van der Waals surface area contributed by atoms with Gasteiger partial charge in [0.15, 0.2) is 5.75 Å². The summed E-state index contributed by atoms with van der Waals surface area (Å²) in [4.78, 5) is 10.2. The minimum Gasteiger partial charge on any atom is -0.508 e. The molecule has 5 nitrogen and oxygen atoms in total. The molecule has 0 bridgehead atoms. The van der Waals surface area contributed by atoms with Gasteiger partial charge in [-0.3, -0.25) is 10.1 Å². The number of unbranched alkanes of at least 4 members (excludes halogenated alkanes) is 1. The van der Waals surface area contributed by atoms with E-state index in [4.69, 9.17) is 0 Å². The number of hydrogen-bond acceptors (Lipinski definition) is 4. The van der Waals surface area contributed by atoms with E-state index >= 15 is 0 Å². The third kappa shape index (κ3) is 5.56. The van der Waals surface area contributed by atoms with Crippen LogP contribution in [0.1, 0.15) is 24.0 Å². The Labute approximate surface area is 169 Å². The molecule has 0 amide bonds. The molecule has 0 fully saturated rings. The van der Waals surface area contributed by atoms with Crippen LogP contribution in [0.3, 0.4) is 0 Å². The summed E-state index contributed by atoms with van der Waals surface area (Å²) in [6, 6.07) is 19.6. The van der Waals surface area contributed by atoms with Crippen molar-refractivity contribution in [1.29, 1.82) is 0 Å². The number of phenolic OH excluding ortho intramolecular Hbond substituents is 2. The number of rotatable bonds is 7. The Balaban J connectivity index is 1.51. The van der Waals surface area contributed by atoms with Crippen LogP contribution in [0.4, 0.5) is 5.69 Å². The Bertz CT molecular complexity index is 1040. The highest BCUT2D eigenvalue weighted by molar-refractivity contribution is 5.66. The average molecular weight is 387 g/mol. The number of aromatic hydroxyl groups is 2. The molecule has 146 valence electrons. The molecule has 0 spiro atoms. The lowest BCUT2D eigenvalue weighted by Crippen LogP contribution is -1.88. The van der Waals surface area contributed by atoms with E-state index in [1.807, 2.05) is 48.6 Å². The highest BCUT2D eigenvalue weighted by atomic mass is 16.6. The lowest BCUT2D eigenvalue weighted by Gasteiger charge is -2.02. The molecule has 0 aliphatic carbocycles. The van der Waals surface area contributed by atoms with Crippen LogP contribution in [-0.4, -0.2) is 15.1 Å². The summed E-state index contributed by atoms with van der Waals surface area (Å²) in [6.45, 7) is 0. The van der Waals surface area contributed by atoms with Gasteiger partial charge in [-0.05, 0) is 53.3 Å². The van der Waals surface area contributed by atoms with Crippen molar-refractivity contribution in [2.75, 3.05) is 0 Å². The Kier molecular flexibility index (Phi) is 6.43. The second kappa shape index (κ2) is 9.37. The van der Waals surface area contributed by atoms with Gasteiger partial charge in [0.25, 0.3) is 0 Å². The van der Waals surface area contributed by atoms with Gasteiger partial charge in [0.2, 0.25) is 0 Å². The topological polar surface area (TPSA) is 83.6 Å². The lowest BCUT2D eigenvalue weighted by molar-refractivity contribution is -0.385. The zero-order chi connectivity index (χ0) is 20.6. The first-order valence-electron chi connectivity index (χ1n) is 9.23. The molecule has 0 aliphatic rings. The quantitative estimate of drug-likeness (QED) is 0.288. The summed E-state index contributed by atoms with van der Waals surface area (Å²) in [5.41, 5.74) is 3.64. The van der Waals surface area contributed by atoms with Crippen molar-refractivity contribution >= 4 is 17.8 Å². The maximum absolute atomic E-state index is 10.8. The summed E-state index contributed by atoms with van der Waals surface area (Å²) >= 11 is 0. The first kappa shape index (κ1) is 19.9. The van der Waals surface area contributed by atoms with Gasteiger partial charge < -0.3 is 10.2 Å². The summed E-state index contributed by atoms with van der Waals surface area (Å²) in [5.74, 6) is -0.0718. The molecule has 2 N–H and O–H groups in total. The molecular formula is C24H21NO4. The minimum atomic E-state index is -0.595. The zero-order valence-corrected chi connectivity index (χ0v) is 15.7. The van der Waals surface area contributed by atoms with Crippen molar-refractivity contribution in [1.82, 2.24) is 0 Å². The molecule has 0 aliphatic heterocycles. The molecule has 3 aromatic carbocycles. The van der Waals surface area contributed by atoms with Gasteiger partial charge in [0.05, 0.1) is 4.92 Å². The normalized spacial score (nSPS) is 11.3. The van der Waals surface area contributed by atoms with Crippen molar-refractivity contribution in [2.45, 2.75) is 12.8 Å². The van der Waals surface area contributed by atoms with Crippen LogP contribution in [-0.2, 0) is 0 Å². The zero-order valence-electron chi connectivity index (χ0n) is 15.7. The fraction of sp³-hybridized carbons (Fsp3) is 0.0833. The summed E-state index contributed by atoms with van der Waals surface area (Å²) in [5, 5.41) is 29.7. The number of nitro benzene ring substituents is 1. The van der Waals surface area contributed by atoms with Crippen LogP contribution in [0.25, 0.3) is 23.3 Å². The van der Waals surface area contributed by atoms with Gasteiger partial charge >= 0.3 is 5.69 Å². The van der Waals surface area contributed by atoms with E-state index in [-0.39, 0.29) is 17.2 Å². The summed E-state index contributed by atoms with van der Waals surface area (Å²) in [6.07, 6.45) is 9.55. The van der Waals surface area contributed by atoms with E-state index < -0.39 is 4.92 Å². The summed E-state index contributed by atoms with van der Waals surface area (Å²) < 4.78 is 0. The predicted octanol–water partition coefficient (Wildman–Crippen LogP) is 6.18. The van der Waals surface area contributed by atoms with E-state index in [1.54, 1.807) is 18.2 Å². The number of nitro groups is 1. The van der Waals surface area contributed by atoms with E-state index in [0.717, 1.165) is 29.5 Å². The Hall–Kier alpha value is -3.86. The molecule has 0 atom stereocenters. The van der Waals surface area contributed by atoms with Crippen LogP contribution in [0.2, 0.25) is 0 Å². The highest BCUT2D eigenvalue weighted by Crippen LogP contribution is 2.27. The fourth-order valence-electron chi connectivity index (χ4n) is 2.86. The third-order valence-electron chi connectivity index (χ3n) is 4.43. The van der Waals surface area contributed by atoms with Crippen molar-refractivity contribution in [3.8, 4) is 22.6 Å².